The maximum absolute atomic E-state index is 11.7. The van der Waals surface area contributed by atoms with Gasteiger partial charge in [-0.15, -0.1) is 0 Å². The fraction of sp³-hybridized carbons (Fsp3) is 0.231. The van der Waals surface area contributed by atoms with Crippen LogP contribution in [0.2, 0.25) is 0 Å². The molecule has 0 aromatic heterocycles. The molecular weight excluding hydrogens is 250 g/mol. The SMILES string of the molecule is COc1ccc(/C=C2\SC(=O)N(C)C2=O)cc1C. The molecule has 0 saturated carbocycles. The number of rotatable bonds is 2. The van der Waals surface area contributed by atoms with Crippen molar-refractivity contribution in [3.63, 3.8) is 0 Å². The molecule has 1 aliphatic rings. The normalized spacial score (nSPS) is 17.7. The molecule has 0 N–H and O–H groups in total. The number of imide groups is 1. The maximum atomic E-state index is 11.7. The van der Waals surface area contributed by atoms with E-state index in [1.54, 1.807) is 13.2 Å². The van der Waals surface area contributed by atoms with Crippen LogP contribution in [-0.2, 0) is 4.79 Å². The van der Waals surface area contributed by atoms with Crippen molar-refractivity contribution in [2.24, 2.45) is 0 Å². The largest absolute Gasteiger partial charge is 0.496 e. The van der Waals surface area contributed by atoms with Crippen molar-refractivity contribution in [2.75, 3.05) is 14.2 Å². The van der Waals surface area contributed by atoms with Crippen molar-refractivity contribution in [3.05, 3.63) is 34.2 Å². The van der Waals surface area contributed by atoms with Crippen LogP contribution in [0.5, 0.6) is 5.75 Å². The van der Waals surface area contributed by atoms with Crippen LogP contribution in [-0.4, -0.2) is 30.2 Å². The Labute approximate surface area is 110 Å². The third kappa shape index (κ3) is 2.26. The van der Waals surface area contributed by atoms with Gasteiger partial charge in [-0.25, -0.2) is 0 Å². The highest BCUT2D eigenvalue weighted by atomic mass is 32.2. The molecule has 0 spiro atoms. The summed E-state index contributed by atoms with van der Waals surface area (Å²) < 4.78 is 5.17. The van der Waals surface area contributed by atoms with Crippen LogP contribution in [0.4, 0.5) is 4.79 Å². The number of methoxy groups -OCH3 is 1. The Balaban J connectivity index is 2.32. The third-order valence-electron chi connectivity index (χ3n) is 2.70. The number of carbonyl (C=O) groups excluding carboxylic acids is 2. The van der Waals surface area contributed by atoms with Gasteiger partial charge in [0.05, 0.1) is 12.0 Å². The molecule has 18 heavy (non-hydrogen) atoms. The minimum atomic E-state index is -0.251. The molecule has 1 saturated heterocycles. The number of hydrogen-bond donors (Lipinski definition) is 0. The molecule has 1 aromatic carbocycles. The monoisotopic (exact) mass is 263 g/mol. The molecule has 1 aromatic rings. The summed E-state index contributed by atoms with van der Waals surface area (Å²) in [5, 5.41) is -0.239. The van der Waals surface area contributed by atoms with Crippen molar-refractivity contribution in [2.45, 2.75) is 6.92 Å². The van der Waals surface area contributed by atoms with E-state index in [1.807, 2.05) is 25.1 Å². The van der Waals surface area contributed by atoms with Gasteiger partial charge in [-0.1, -0.05) is 6.07 Å². The first-order chi connectivity index (χ1) is 8.52. The van der Waals surface area contributed by atoms with Crippen molar-refractivity contribution in [1.29, 1.82) is 0 Å². The van der Waals surface area contributed by atoms with Gasteiger partial charge in [-0.3, -0.25) is 14.5 Å². The summed E-state index contributed by atoms with van der Waals surface area (Å²) in [5.41, 5.74) is 1.87. The fourth-order valence-corrected chi connectivity index (χ4v) is 2.52. The van der Waals surface area contributed by atoms with Gasteiger partial charge >= 0.3 is 0 Å². The zero-order valence-electron chi connectivity index (χ0n) is 10.4. The van der Waals surface area contributed by atoms with Crippen molar-refractivity contribution in [3.8, 4) is 5.75 Å². The Morgan fingerprint density at radius 1 is 1.33 bits per heavy atom. The van der Waals surface area contributed by atoms with Crippen molar-refractivity contribution >= 4 is 29.0 Å². The van der Waals surface area contributed by atoms with Crippen LogP contribution in [0.15, 0.2) is 23.1 Å². The molecule has 94 valence electrons. The Bertz CT molecular complexity index is 551. The van der Waals surface area contributed by atoms with E-state index in [2.05, 4.69) is 0 Å². The van der Waals surface area contributed by atoms with E-state index in [0.717, 1.165) is 33.5 Å². The molecule has 0 radical (unpaired) electrons. The molecule has 2 amide bonds. The average Bonchev–Trinajstić information content (AvgIpc) is 2.57. The Hall–Kier alpha value is -1.75. The van der Waals surface area contributed by atoms with Crippen LogP contribution < -0.4 is 4.74 Å². The number of benzene rings is 1. The van der Waals surface area contributed by atoms with Gasteiger partial charge in [-0.2, -0.15) is 0 Å². The molecule has 4 nitrogen and oxygen atoms in total. The topological polar surface area (TPSA) is 46.6 Å². The lowest BCUT2D eigenvalue weighted by Gasteiger charge is -2.05. The van der Waals surface area contributed by atoms with Gasteiger partial charge in [0.15, 0.2) is 0 Å². The molecule has 2 rings (SSSR count). The first kappa shape index (κ1) is 12.7. The highest BCUT2D eigenvalue weighted by Crippen LogP contribution is 2.31. The molecule has 1 heterocycles. The van der Waals surface area contributed by atoms with E-state index in [4.69, 9.17) is 4.74 Å². The molecule has 0 atom stereocenters. The minimum absolute atomic E-state index is 0.239. The van der Waals surface area contributed by atoms with E-state index < -0.39 is 0 Å². The van der Waals surface area contributed by atoms with Gasteiger partial charge in [0.1, 0.15) is 5.75 Å². The molecule has 1 fully saturated rings. The summed E-state index contributed by atoms with van der Waals surface area (Å²) in [6.07, 6.45) is 1.72. The summed E-state index contributed by atoms with van der Waals surface area (Å²) in [6.45, 7) is 1.93. The summed E-state index contributed by atoms with van der Waals surface area (Å²) in [4.78, 5) is 24.6. The molecule has 0 bridgehead atoms. The van der Waals surface area contributed by atoms with E-state index in [1.165, 1.54) is 7.05 Å². The van der Waals surface area contributed by atoms with Crippen molar-refractivity contribution in [1.82, 2.24) is 4.90 Å². The summed E-state index contributed by atoms with van der Waals surface area (Å²) >= 11 is 0.960. The number of carbonyl (C=O) groups is 2. The van der Waals surface area contributed by atoms with E-state index in [9.17, 15) is 9.59 Å². The van der Waals surface area contributed by atoms with Crippen LogP contribution in [0, 0.1) is 6.92 Å². The van der Waals surface area contributed by atoms with Crippen molar-refractivity contribution < 1.29 is 14.3 Å². The summed E-state index contributed by atoms with van der Waals surface area (Å²) in [5.74, 6) is 0.550. The first-order valence-corrected chi connectivity index (χ1v) is 6.21. The predicted octanol–water partition coefficient (Wildman–Crippen LogP) is 2.67. The number of hydrogen-bond acceptors (Lipinski definition) is 4. The van der Waals surface area contributed by atoms with Crippen LogP contribution in [0.3, 0.4) is 0 Å². The maximum Gasteiger partial charge on any atom is 0.293 e. The lowest BCUT2D eigenvalue weighted by atomic mass is 10.1. The van der Waals surface area contributed by atoms with Gasteiger partial charge in [-0.05, 0) is 48.0 Å². The summed E-state index contributed by atoms with van der Waals surface area (Å²) in [6, 6.07) is 5.62. The molecular formula is C13H13NO3S. The number of ether oxygens (including phenoxy) is 1. The number of amides is 2. The van der Waals surface area contributed by atoms with Crippen LogP contribution in [0.25, 0.3) is 6.08 Å². The van der Waals surface area contributed by atoms with E-state index in [0.29, 0.717) is 4.91 Å². The molecule has 0 unspecified atom stereocenters. The lowest BCUT2D eigenvalue weighted by Crippen LogP contribution is -2.22. The Kier molecular flexibility index (Phi) is 3.43. The van der Waals surface area contributed by atoms with Gasteiger partial charge in [0.2, 0.25) is 0 Å². The lowest BCUT2D eigenvalue weighted by molar-refractivity contribution is -0.121. The molecule has 5 heteroatoms. The number of thioether (sulfide) groups is 1. The van der Waals surface area contributed by atoms with Gasteiger partial charge in [0, 0.05) is 7.05 Å². The van der Waals surface area contributed by atoms with Crippen LogP contribution >= 0.6 is 11.8 Å². The standard InChI is InChI=1S/C13H13NO3S/c1-8-6-9(4-5-10(8)17-3)7-11-12(15)14(2)13(16)18-11/h4-7H,1-3H3/b11-7-. The Morgan fingerprint density at radius 3 is 2.56 bits per heavy atom. The number of nitrogens with zero attached hydrogens (tertiary/aromatic N) is 1. The first-order valence-electron chi connectivity index (χ1n) is 5.39. The van der Waals surface area contributed by atoms with Gasteiger partial charge < -0.3 is 4.74 Å². The minimum Gasteiger partial charge on any atom is -0.496 e. The van der Waals surface area contributed by atoms with Crippen LogP contribution in [0.1, 0.15) is 11.1 Å². The second-order valence-electron chi connectivity index (χ2n) is 3.97. The van der Waals surface area contributed by atoms with E-state index >= 15 is 0 Å². The highest BCUT2D eigenvalue weighted by molar-refractivity contribution is 8.18. The molecule has 1 aliphatic heterocycles. The van der Waals surface area contributed by atoms with Gasteiger partial charge in [0.25, 0.3) is 11.1 Å². The molecule has 0 aliphatic carbocycles. The highest BCUT2D eigenvalue weighted by Gasteiger charge is 2.31. The quantitative estimate of drug-likeness (QED) is 0.770. The zero-order valence-corrected chi connectivity index (χ0v) is 11.2. The second-order valence-corrected chi connectivity index (χ2v) is 4.96. The predicted molar refractivity (Wildman–Crippen MR) is 71.5 cm³/mol. The Morgan fingerprint density at radius 2 is 2.06 bits per heavy atom. The summed E-state index contributed by atoms with van der Waals surface area (Å²) in [7, 11) is 3.10. The number of aryl methyl sites for hydroxylation is 1. The van der Waals surface area contributed by atoms with E-state index in [-0.39, 0.29) is 11.1 Å². The smallest absolute Gasteiger partial charge is 0.293 e. The average molecular weight is 263 g/mol. The fourth-order valence-electron chi connectivity index (χ4n) is 1.69. The number of likely N-dealkylation sites (N-methyl/N-ethyl adjacent to an activating group) is 1. The third-order valence-corrected chi connectivity index (χ3v) is 3.66. The zero-order chi connectivity index (χ0) is 13.3. The second kappa shape index (κ2) is 4.86.